The van der Waals surface area contributed by atoms with Crippen LogP contribution in [-0.2, 0) is 14.2 Å². The van der Waals surface area contributed by atoms with Crippen LogP contribution in [0.25, 0.3) is 0 Å². The summed E-state index contributed by atoms with van der Waals surface area (Å²) in [6, 6.07) is 5.21. The quantitative estimate of drug-likeness (QED) is 0.448. The fraction of sp³-hybridized carbons (Fsp3) is 0.533. The van der Waals surface area contributed by atoms with E-state index in [-0.39, 0.29) is 12.4 Å². The van der Waals surface area contributed by atoms with E-state index in [1.54, 1.807) is 32.4 Å². The van der Waals surface area contributed by atoms with Crippen LogP contribution < -0.4 is 4.74 Å². The molecule has 0 aliphatic heterocycles. The van der Waals surface area contributed by atoms with E-state index in [1.807, 2.05) is 0 Å². The third kappa shape index (κ3) is 7.04. The van der Waals surface area contributed by atoms with Crippen LogP contribution in [0.15, 0.2) is 22.7 Å². The van der Waals surface area contributed by atoms with E-state index in [9.17, 15) is 4.79 Å². The zero-order valence-electron chi connectivity index (χ0n) is 12.4. The fourth-order valence-electron chi connectivity index (χ4n) is 1.60. The van der Waals surface area contributed by atoms with Crippen LogP contribution in [-0.4, -0.2) is 53.0 Å². The van der Waals surface area contributed by atoms with Gasteiger partial charge in [-0.2, -0.15) is 0 Å². The number of halogens is 1. The van der Waals surface area contributed by atoms with Crippen molar-refractivity contribution in [2.75, 3.05) is 47.3 Å². The second-order valence-electron chi connectivity index (χ2n) is 4.28. The molecule has 0 aromatic heterocycles. The number of benzene rings is 1. The van der Waals surface area contributed by atoms with Gasteiger partial charge in [0.15, 0.2) is 5.78 Å². The van der Waals surface area contributed by atoms with Crippen molar-refractivity contribution in [3.05, 3.63) is 28.2 Å². The molecule has 0 amide bonds. The lowest BCUT2D eigenvalue weighted by molar-refractivity contribution is 0.0488. The molecule has 1 aromatic carbocycles. The molecule has 0 aliphatic carbocycles. The van der Waals surface area contributed by atoms with Gasteiger partial charge in [-0.3, -0.25) is 4.79 Å². The molecule has 0 bridgehead atoms. The molecular weight excluding hydrogens is 340 g/mol. The van der Waals surface area contributed by atoms with Gasteiger partial charge in [-0.15, -0.1) is 0 Å². The Morgan fingerprint density at radius 2 is 1.86 bits per heavy atom. The summed E-state index contributed by atoms with van der Waals surface area (Å²) in [4.78, 5) is 11.9. The zero-order chi connectivity index (χ0) is 15.5. The minimum absolute atomic E-state index is 0.0568. The van der Waals surface area contributed by atoms with Crippen molar-refractivity contribution < 1.29 is 23.7 Å². The highest BCUT2D eigenvalue weighted by Crippen LogP contribution is 2.25. The topological polar surface area (TPSA) is 54.0 Å². The number of rotatable bonds is 11. The van der Waals surface area contributed by atoms with Crippen LogP contribution in [0.1, 0.15) is 16.8 Å². The number of carbonyl (C=O) groups is 1. The van der Waals surface area contributed by atoms with Gasteiger partial charge < -0.3 is 18.9 Å². The SMILES string of the molecule is COCCOCCCOCC(=O)c1ccc(OC)c(Br)c1. The molecule has 0 radical (unpaired) electrons. The lowest BCUT2D eigenvalue weighted by Gasteiger charge is -2.07. The maximum atomic E-state index is 11.9. The van der Waals surface area contributed by atoms with Gasteiger partial charge in [-0.25, -0.2) is 0 Å². The minimum Gasteiger partial charge on any atom is -0.496 e. The van der Waals surface area contributed by atoms with Crippen LogP contribution in [0.3, 0.4) is 0 Å². The van der Waals surface area contributed by atoms with Gasteiger partial charge in [0.05, 0.1) is 24.8 Å². The van der Waals surface area contributed by atoms with Crippen molar-refractivity contribution in [3.8, 4) is 5.75 Å². The standard InChI is InChI=1S/C15H21BrO5/c1-18-8-9-20-6-3-7-21-11-14(17)12-4-5-15(19-2)13(16)10-12/h4-5,10H,3,6-9,11H2,1-2H3. The van der Waals surface area contributed by atoms with Gasteiger partial charge in [-0.1, -0.05) is 0 Å². The Balaban J connectivity index is 2.20. The van der Waals surface area contributed by atoms with E-state index in [0.717, 1.165) is 10.9 Å². The van der Waals surface area contributed by atoms with Crippen LogP contribution in [0.2, 0.25) is 0 Å². The number of methoxy groups -OCH3 is 2. The molecule has 0 atom stereocenters. The van der Waals surface area contributed by atoms with Gasteiger partial charge in [0.1, 0.15) is 12.4 Å². The Morgan fingerprint density at radius 1 is 1.10 bits per heavy atom. The monoisotopic (exact) mass is 360 g/mol. The Bertz CT molecular complexity index is 436. The van der Waals surface area contributed by atoms with Crippen molar-refractivity contribution in [1.82, 2.24) is 0 Å². The Hall–Kier alpha value is -0.950. The molecule has 1 aromatic rings. The summed E-state index contributed by atoms with van der Waals surface area (Å²) in [5.41, 5.74) is 0.596. The van der Waals surface area contributed by atoms with E-state index >= 15 is 0 Å². The summed E-state index contributed by atoms with van der Waals surface area (Å²) in [5.74, 6) is 0.638. The van der Waals surface area contributed by atoms with Gasteiger partial charge in [0.2, 0.25) is 0 Å². The summed E-state index contributed by atoms with van der Waals surface area (Å²) in [5, 5.41) is 0. The smallest absolute Gasteiger partial charge is 0.188 e. The molecule has 118 valence electrons. The van der Waals surface area contributed by atoms with Gasteiger partial charge in [0, 0.05) is 25.9 Å². The molecule has 0 spiro atoms. The number of Topliss-reactive ketones (excluding diaryl/α,β-unsaturated/α-hetero) is 1. The van der Waals surface area contributed by atoms with Crippen molar-refractivity contribution in [2.45, 2.75) is 6.42 Å². The average Bonchev–Trinajstić information content (AvgIpc) is 2.49. The number of hydrogen-bond donors (Lipinski definition) is 0. The molecule has 0 unspecified atom stereocenters. The first kappa shape index (κ1) is 18.1. The van der Waals surface area contributed by atoms with Crippen LogP contribution >= 0.6 is 15.9 Å². The highest BCUT2D eigenvalue weighted by Gasteiger charge is 2.09. The van der Waals surface area contributed by atoms with E-state index in [2.05, 4.69) is 15.9 Å². The van der Waals surface area contributed by atoms with Crippen molar-refractivity contribution >= 4 is 21.7 Å². The zero-order valence-corrected chi connectivity index (χ0v) is 14.0. The predicted molar refractivity (Wildman–Crippen MR) is 83.2 cm³/mol. The summed E-state index contributed by atoms with van der Waals surface area (Å²) in [6.45, 7) is 2.33. The number of carbonyl (C=O) groups excluding carboxylic acids is 1. The predicted octanol–water partition coefficient (Wildman–Crippen LogP) is 2.71. The van der Waals surface area contributed by atoms with Crippen molar-refractivity contribution in [3.63, 3.8) is 0 Å². The first-order valence-electron chi connectivity index (χ1n) is 6.70. The highest BCUT2D eigenvalue weighted by molar-refractivity contribution is 9.10. The summed E-state index contributed by atoms with van der Waals surface area (Å²) in [6.07, 6.45) is 0.753. The second-order valence-corrected chi connectivity index (χ2v) is 5.14. The molecule has 0 N–H and O–H groups in total. The molecule has 0 fully saturated rings. The maximum Gasteiger partial charge on any atom is 0.188 e. The molecule has 0 aliphatic rings. The van der Waals surface area contributed by atoms with E-state index in [4.69, 9.17) is 18.9 Å². The largest absolute Gasteiger partial charge is 0.496 e. The van der Waals surface area contributed by atoms with E-state index in [0.29, 0.717) is 37.7 Å². The van der Waals surface area contributed by atoms with Gasteiger partial charge in [0.25, 0.3) is 0 Å². The molecule has 0 saturated heterocycles. The molecule has 0 heterocycles. The first-order valence-corrected chi connectivity index (χ1v) is 7.49. The molecule has 0 saturated carbocycles. The second kappa shape index (κ2) is 10.7. The summed E-state index contributed by atoms with van der Waals surface area (Å²) in [7, 11) is 3.22. The Morgan fingerprint density at radius 3 is 2.52 bits per heavy atom. The summed E-state index contributed by atoms with van der Waals surface area (Å²) >= 11 is 3.35. The molecule has 6 heteroatoms. The van der Waals surface area contributed by atoms with Crippen LogP contribution in [0.5, 0.6) is 5.75 Å². The number of ether oxygens (including phenoxy) is 4. The van der Waals surface area contributed by atoms with Gasteiger partial charge in [-0.05, 0) is 40.5 Å². The molecule has 1 rings (SSSR count). The lowest BCUT2D eigenvalue weighted by atomic mass is 10.1. The van der Waals surface area contributed by atoms with E-state index < -0.39 is 0 Å². The number of ketones is 1. The van der Waals surface area contributed by atoms with Crippen molar-refractivity contribution in [1.29, 1.82) is 0 Å². The summed E-state index contributed by atoms with van der Waals surface area (Å²) < 4.78 is 21.4. The Kier molecular flexibility index (Phi) is 9.25. The number of hydrogen-bond acceptors (Lipinski definition) is 5. The molecule has 21 heavy (non-hydrogen) atoms. The minimum atomic E-state index is -0.0568. The van der Waals surface area contributed by atoms with E-state index in [1.165, 1.54) is 0 Å². The van der Waals surface area contributed by atoms with Gasteiger partial charge >= 0.3 is 0 Å². The normalized spacial score (nSPS) is 10.6. The molecular formula is C15H21BrO5. The van der Waals surface area contributed by atoms with Crippen LogP contribution in [0, 0.1) is 0 Å². The lowest BCUT2D eigenvalue weighted by Crippen LogP contribution is -2.11. The third-order valence-corrected chi connectivity index (χ3v) is 3.34. The highest BCUT2D eigenvalue weighted by atomic mass is 79.9. The fourth-order valence-corrected chi connectivity index (χ4v) is 2.14. The van der Waals surface area contributed by atoms with Crippen molar-refractivity contribution in [2.24, 2.45) is 0 Å². The third-order valence-electron chi connectivity index (χ3n) is 2.72. The maximum absolute atomic E-state index is 11.9. The molecule has 5 nitrogen and oxygen atoms in total. The van der Waals surface area contributed by atoms with Crippen LogP contribution in [0.4, 0.5) is 0 Å². The first-order chi connectivity index (χ1) is 10.2. The Labute approximate surface area is 133 Å². The average molecular weight is 361 g/mol.